The van der Waals surface area contributed by atoms with E-state index >= 15 is 0 Å². The number of sulfonamides is 1. The molecule has 2 N–H and O–H groups in total. The van der Waals surface area contributed by atoms with E-state index in [0.29, 0.717) is 24.5 Å². The summed E-state index contributed by atoms with van der Waals surface area (Å²) in [4.78, 5) is 12.3. The highest BCUT2D eigenvalue weighted by atomic mass is 32.2. The summed E-state index contributed by atoms with van der Waals surface area (Å²) in [5, 5.41) is 5.56. The number of ether oxygens (including phenoxy) is 1. The van der Waals surface area contributed by atoms with Crippen LogP contribution in [0.25, 0.3) is 0 Å². The molecular formula is C23H29N3O4S2. The summed E-state index contributed by atoms with van der Waals surface area (Å²) >= 11 is 5.17. The third-order valence-electron chi connectivity index (χ3n) is 5.27. The van der Waals surface area contributed by atoms with Gasteiger partial charge < -0.3 is 10.1 Å². The highest BCUT2D eigenvalue weighted by Crippen LogP contribution is 2.21. The van der Waals surface area contributed by atoms with Crippen LogP contribution in [-0.2, 0) is 21.2 Å². The molecule has 0 spiro atoms. The van der Waals surface area contributed by atoms with Crippen molar-refractivity contribution in [2.75, 3.05) is 25.0 Å². The Morgan fingerprint density at radius 2 is 1.62 bits per heavy atom. The lowest BCUT2D eigenvalue weighted by atomic mass is 10.2. The van der Waals surface area contributed by atoms with Crippen molar-refractivity contribution < 1.29 is 17.9 Å². The fraction of sp³-hybridized carbons (Fsp3) is 0.391. The summed E-state index contributed by atoms with van der Waals surface area (Å²) in [7, 11) is -3.50. The Morgan fingerprint density at radius 1 is 1.00 bits per heavy atom. The van der Waals surface area contributed by atoms with E-state index in [1.807, 2.05) is 24.3 Å². The molecule has 0 atom stereocenters. The molecule has 1 saturated heterocycles. The molecule has 32 heavy (non-hydrogen) atoms. The number of amides is 1. The topological polar surface area (TPSA) is 87.7 Å². The number of nitrogens with zero attached hydrogens (tertiary/aromatic N) is 1. The minimum Gasteiger partial charge on any atom is -0.484 e. The van der Waals surface area contributed by atoms with E-state index in [1.165, 1.54) is 5.56 Å². The molecule has 2 aromatic carbocycles. The molecular weight excluding hydrogens is 446 g/mol. The van der Waals surface area contributed by atoms with E-state index < -0.39 is 10.0 Å². The van der Waals surface area contributed by atoms with Crippen LogP contribution in [0, 0.1) is 0 Å². The van der Waals surface area contributed by atoms with Gasteiger partial charge in [0.1, 0.15) is 5.75 Å². The predicted octanol–water partition coefficient (Wildman–Crippen LogP) is 3.71. The largest absolute Gasteiger partial charge is 0.484 e. The van der Waals surface area contributed by atoms with Crippen LogP contribution in [-0.4, -0.2) is 43.4 Å². The average molecular weight is 476 g/mol. The lowest BCUT2D eigenvalue weighted by Gasteiger charge is -2.20. The highest BCUT2D eigenvalue weighted by Gasteiger charge is 2.24. The van der Waals surface area contributed by atoms with Gasteiger partial charge in [0.25, 0.3) is 5.91 Å². The summed E-state index contributed by atoms with van der Waals surface area (Å²) in [6, 6.07) is 13.9. The van der Waals surface area contributed by atoms with Gasteiger partial charge in [-0.15, -0.1) is 0 Å². The molecule has 7 nitrogen and oxygen atoms in total. The monoisotopic (exact) mass is 475 g/mol. The maximum Gasteiger partial charge on any atom is 0.264 e. The average Bonchev–Trinajstić information content (AvgIpc) is 3.08. The first kappa shape index (κ1) is 24.2. The lowest BCUT2D eigenvalue weighted by Crippen LogP contribution is -2.37. The number of carbonyl (C=O) groups excluding carboxylic acids is 1. The van der Waals surface area contributed by atoms with Crippen molar-refractivity contribution in [1.29, 1.82) is 0 Å². The second-order valence-corrected chi connectivity index (χ2v) is 9.98. The number of rotatable bonds is 7. The molecule has 0 saturated carbocycles. The standard InChI is InChI=1S/C23H29N3O4S2/c1-2-18-7-11-20(12-8-18)30-17-22(27)25-23(31)24-19-9-13-21(14-10-19)32(28,29)26-15-5-3-4-6-16-26/h7-14H,2-6,15-17H2,1H3,(H2,24,25,27,31). The maximum atomic E-state index is 12.9. The van der Waals surface area contributed by atoms with Crippen LogP contribution in [0.15, 0.2) is 53.4 Å². The number of nitrogens with one attached hydrogen (secondary N) is 2. The van der Waals surface area contributed by atoms with Gasteiger partial charge in [-0.05, 0) is 73.4 Å². The zero-order valence-electron chi connectivity index (χ0n) is 18.2. The quantitative estimate of drug-likeness (QED) is 0.594. The Balaban J connectivity index is 1.49. The Labute approximate surface area is 195 Å². The molecule has 9 heteroatoms. The highest BCUT2D eigenvalue weighted by molar-refractivity contribution is 7.89. The zero-order chi connectivity index (χ0) is 23.0. The van der Waals surface area contributed by atoms with E-state index in [1.54, 1.807) is 28.6 Å². The molecule has 0 radical (unpaired) electrons. The minimum absolute atomic E-state index is 0.114. The molecule has 1 fully saturated rings. The SMILES string of the molecule is CCc1ccc(OCC(=O)NC(=S)Nc2ccc(S(=O)(=O)N3CCCCCC3)cc2)cc1. The van der Waals surface area contributed by atoms with Gasteiger partial charge in [-0.2, -0.15) is 4.31 Å². The first-order chi connectivity index (χ1) is 15.4. The fourth-order valence-electron chi connectivity index (χ4n) is 3.44. The summed E-state index contributed by atoms with van der Waals surface area (Å²) in [5.74, 6) is 0.222. The van der Waals surface area contributed by atoms with Crippen LogP contribution >= 0.6 is 12.2 Å². The number of carbonyl (C=O) groups is 1. The van der Waals surface area contributed by atoms with Gasteiger partial charge in [0.15, 0.2) is 11.7 Å². The third kappa shape index (κ3) is 6.75. The van der Waals surface area contributed by atoms with Gasteiger partial charge >= 0.3 is 0 Å². The van der Waals surface area contributed by atoms with Gasteiger partial charge in [-0.1, -0.05) is 31.9 Å². The van der Waals surface area contributed by atoms with Gasteiger partial charge in [0.2, 0.25) is 10.0 Å². The fourth-order valence-corrected chi connectivity index (χ4v) is 5.19. The third-order valence-corrected chi connectivity index (χ3v) is 7.39. The van der Waals surface area contributed by atoms with Gasteiger partial charge in [0, 0.05) is 18.8 Å². The van der Waals surface area contributed by atoms with E-state index in [4.69, 9.17) is 17.0 Å². The Kier molecular flexibility index (Phi) is 8.60. The number of hydrogen-bond acceptors (Lipinski definition) is 5. The van der Waals surface area contributed by atoms with Crippen molar-refractivity contribution in [3.63, 3.8) is 0 Å². The maximum absolute atomic E-state index is 12.9. The lowest BCUT2D eigenvalue weighted by molar-refractivity contribution is -0.121. The van der Waals surface area contributed by atoms with E-state index in [0.717, 1.165) is 32.1 Å². The van der Waals surface area contributed by atoms with E-state index in [2.05, 4.69) is 17.6 Å². The van der Waals surface area contributed by atoms with Crippen molar-refractivity contribution >= 4 is 38.9 Å². The summed E-state index contributed by atoms with van der Waals surface area (Å²) in [6.07, 6.45) is 4.84. The summed E-state index contributed by atoms with van der Waals surface area (Å²) < 4.78 is 32.7. The van der Waals surface area contributed by atoms with Crippen LogP contribution in [0.5, 0.6) is 5.75 Å². The molecule has 172 valence electrons. The minimum atomic E-state index is -3.50. The van der Waals surface area contributed by atoms with Gasteiger partial charge in [0.05, 0.1) is 4.90 Å². The first-order valence-corrected chi connectivity index (χ1v) is 12.7. The molecule has 0 aliphatic carbocycles. The molecule has 2 aromatic rings. The van der Waals surface area contributed by atoms with Crippen LogP contribution in [0.3, 0.4) is 0 Å². The molecule has 1 aliphatic heterocycles. The van der Waals surface area contributed by atoms with E-state index in [9.17, 15) is 13.2 Å². The number of thiocarbonyl (C=S) groups is 1. The van der Waals surface area contributed by atoms with Crippen LogP contribution < -0.4 is 15.4 Å². The number of benzene rings is 2. The van der Waals surface area contributed by atoms with Gasteiger partial charge in [-0.25, -0.2) is 8.42 Å². The predicted molar refractivity (Wildman–Crippen MR) is 129 cm³/mol. The Bertz CT molecular complexity index is 1010. The first-order valence-electron chi connectivity index (χ1n) is 10.8. The number of anilines is 1. The van der Waals surface area contributed by atoms with Crippen LogP contribution in [0.4, 0.5) is 5.69 Å². The molecule has 1 heterocycles. The normalized spacial score (nSPS) is 14.9. The molecule has 0 bridgehead atoms. The van der Waals surface area contributed by atoms with Crippen molar-refractivity contribution in [2.24, 2.45) is 0 Å². The second-order valence-electron chi connectivity index (χ2n) is 7.63. The Morgan fingerprint density at radius 3 is 2.22 bits per heavy atom. The smallest absolute Gasteiger partial charge is 0.264 e. The molecule has 1 amide bonds. The number of hydrogen-bond donors (Lipinski definition) is 2. The van der Waals surface area contributed by atoms with Gasteiger partial charge in [-0.3, -0.25) is 10.1 Å². The van der Waals surface area contributed by atoms with Crippen molar-refractivity contribution in [2.45, 2.75) is 43.9 Å². The molecule has 1 aliphatic rings. The molecule has 3 rings (SSSR count). The molecule has 0 unspecified atom stereocenters. The van der Waals surface area contributed by atoms with Crippen molar-refractivity contribution in [3.05, 3.63) is 54.1 Å². The van der Waals surface area contributed by atoms with E-state index in [-0.39, 0.29) is 22.5 Å². The second kappa shape index (κ2) is 11.4. The van der Waals surface area contributed by atoms with Crippen molar-refractivity contribution in [1.82, 2.24) is 9.62 Å². The summed E-state index contributed by atoms with van der Waals surface area (Å²) in [5.41, 5.74) is 1.78. The summed E-state index contributed by atoms with van der Waals surface area (Å²) in [6.45, 7) is 3.02. The number of aryl methyl sites for hydroxylation is 1. The van der Waals surface area contributed by atoms with Crippen molar-refractivity contribution in [3.8, 4) is 5.75 Å². The zero-order valence-corrected chi connectivity index (χ0v) is 19.8. The molecule has 0 aromatic heterocycles. The van der Waals surface area contributed by atoms with Crippen LogP contribution in [0.2, 0.25) is 0 Å². The van der Waals surface area contributed by atoms with Crippen LogP contribution in [0.1, 0.15) is 38.2 Å². The Hall–Kier alpha value is -2.49.